The minimum absolute atomic E-state index is 0.122. The molecule has 0 fully saturated rings. The van der Waals surface area contributed by atoms with Gasteiger partial charge in [-0.2, -0.15) is 0 Å². The summed E-state index contributed by atoms with van der Waals surface area (Å²) in [5, 5.41) is 2.46. The van der Waals surface area contributed by atoms with Gasteiger partial charge in [-0.25, -0.2) is 8.42 Å². The maximum atomic E-state index is 12.0. The first-order valence-corrected chi connectivity index (χ1v) is 9.18. The van der Waals surface area contributed by atoms with Crippen LogP contribution in [0.4, 0.5) is 0 Å². The van der Waals surface area contributed by atoms with Gasteiger partial charge >= 0.3 is 0 Å². The molecular formula is C15H22ClNO3S. The van der Waals surface area contributed by atoms with Crippen LogP contribution >= 0.6 is 11.6 Å². The van der Waals surface area contributed by atoms with E-state index in [2.05, 4.69) is 5.32 Å². The van der Waals surface area contributed by atoms with Crippen LogP contribution in [0.15, 0.2) is 24.3 Å². The largest absolute Gasteiger partial charge is 0.352 e. The third-order valence-corrected chi connectivity index (χ3v) is 5.26. The Balaban J connectivity index is 2.79. The van der Waals surface area contributed by atoms with E-state index in [1.165, 1.54) is 6.92 Å². The molecule has 1 aromatic carbocycles. The van der Waals surface area contributed by atoms with Gasteiger partial charge in [-0.05, 0) is 37.0 Å². The molecule has 1 N–H and O–H groups in total. The van der Waals surface area contributed by atoms with Gasteiger partial charge in [-0.3, -0.25) is 4.79 Å². The predicted octanol–water partition coefficient (Wildman–Crippen LogP) is 2.46. The highest BCUT2D eigenvalue weighted by Crippen LogP contribution is 2.14. The van der Waals surface area contributed by atoms with Crippen LogP contribution in [0, 0.1) is 5.92 Å². The molecule has 1 aromatic rings. The summed E-state index contributed by atoms with van der Waals surface area (Å²) in [6.07, 6.45) is 1.71. The summed E-state index contributed by atoms with van der Waals surface area (Å²) in [5.74, 6) is -0.262. The lowest BCUT2D eigenvalue weighted by Gasteiger charge is -2.24. The van der Waals surface area contributed by atoms with Crippen LogP contribution in [0.2, 0.25) is 5.02 Å². The van der Waals surface area contributed by atoms with Crippen molar-refractivity contribution in [3.63, 3.8) is 0 Å². The lowest BCUT2D eigenvalue weighted by Crippen LogP contribution is -2.46. The topological polar surface area (TPSA) is 63.2 Å². The number of nitrogens with one attached hydrogen (secondary N) is 1. The summed E-state index contributed by atoms with van der Waals surface area (Å²) in [6.45, 7) is 5.39. The maximum Gasteiger partial charge on any atom is 0.238 e. The SMILES string of the molecule is CC(C)[C@@H](Cc1ccc(Cl)cc1)NC(=O)[C@@H](C)S(C)(=O)=O. The molecule has 0 bridgehead atoms. The molecule has 6 heteroatoms. The number of benzene rings is 1. The molecule has 0 heterocycles. The van der Waals surface area contributed by atoms with E-state index < -0.39 is 21.0 Å². The van der Waals surface area contributed by atoms with Crippen LogP contribution in [0.1, 0.15) is 26.3 Å². The minimum Gasteiger partial charge on any atom is -0.352 e. The van der Waals surface area contributed by atoms with Crippen LogP contribution < -0.4 is 5.32 Å². The van der Waals surface area contributed by atoms with E-state index in [1.54, 1.807) is 12.1 Å². The standard InChI is InChI=1S/C15H22ClNO3S/c1-10(2)14(9-12-5-7-13(16)8-6-12)17-15(18)11(3)21(4,19)20/h5-8,10-11,14H,9H2,1-4H3,(H,17,18)/t11-,14-/m1/s1. The third-order valence-electron chi connectivity index (χ3n) is 3.51. The molecule has 0 saturated heterocycles. The molecule has 0 unspecified atom stereocenters. The van der Waals surface area contributed by atoms with Crippen LogP contribution in [0.25, 0.3) is 0 Å². The zero-order valence-corrected chi connectivity index (χ0v) is 14.3. The van der Waals surface area contributed by atoms with Gasteiger partial charge in [-0.15, -0.1) is 0 Å². The monoisotopic (exact) mass is 331 g/mol. The summed E-state index contributed by atoms with van der Waals surface area (Å²) in [7, 11) is -3.38. The van der Waals surface area contributed by atoms with Crippen molar-refractivity contribution in [2.24, 2.45) is 5.92 Å². The number of sulfone groups is 1. The lowest BCUT2D eigenvalue weighted by molar-refractivity contribution is -0.121. The van der Waals surface area contributed by atoms with Crippen molar-refractivity contribution in [2.75, 3.05) is 6.26 Å². The van der Waals surface area contributed by atoms with Gasteiger partial charge in [0.1, 0.15) is 5.25 Å². The minimum atomic E-state index is -3.38. The highest BCUT2D eigenvalue weighted by atomic mass is 35.5. The van der Waals surface area contributed by atoms with E-state index in [1.807, 2.05) is 26.0 Å². The number of hydrogen-bond acceptors (Lipinski definition) is 3. The van der Waals surface area contributed by atoms with Crippen molar-refractivity contribution in [2.45, 2.75) is 38.5 Å². The van der Waals surface area contributed by atoms with E-state index in [0.717, 1.165) is 11.8 Å². The van der Waals surface area contributed by atoms with Crippen molar-refractivity contribution in [3.8, 4) is 0 Å². The Bertz CT molecular complexity index is 581. The molecule has 0 aliphatic carbocycles. The summed E-state index contributed by atoms with van der Waals surface area (Å²) in [5.41, 5.74) is 1.05. The molecule has 0 aliphatic heterocycles. The molecule has 0 saturated carbocycles. The van der Waals surface area contributed by atoms with E-state index in [0.29, 0.717) is 11.4 Å². The van der Waals surface area contributed by atoms with Crippen LogP contribution in [0.5, 0.6) is 0 Å². The van der Waals surface area contributed by atoms with Gasteiger partial charge in [0.2, 0.25) is 5.91 Å². The number of amides is 1. The van der Waals surface area contributed by atoms with E-state index in [-0.39, 0.29) is 12.0 Å². The Morgan fingerprint density at radius 3 is 2.14 bits per heavy atom. The highest BCUT2D eigenvalue weighted by molar-refractivity contribution is 7.92. The van der Waals surface area contributed by atoms with Crippen molar-refractivity contribution in [3.05, 3.63) is 34.9 Å². The van der Waals surface area contributed by atoms with E-state index in [9.17, 15) is 13.2 Å². The summed E-state index contributed by atoms with van der Waals surface area (Å²) in [4.78, 5) is 12.0. The number of carbonyl (C=O) groups is 1. The van der Waals surface area contributed by atoms with Crippen LogP contribution in [0.3, 0.4) is 0 Å². The first-order valence-electron chi connectivity index (χ1n) is 6.85. The number of carbonyl (C=O) groups excluding carboxylic acids is 1. The normalized spacial score (nSPS) is 14.8. The quantitative estimate of drug-likeness (QED) is 0.871. The molecule has 0 radical (unpaired) electrons. The Morgan fingerprint density at radius 1 is 1.19 bits per heavy atom. The summed E-state index contributed by atoms with van der Waals surface area (Å²) >= 11 is 5.85. The number of halogens is 1. The molecule has 4 nitrogen and oxygen atoms in total. The fraction of sp³-hybridized carbons (Fsp3) is 0.533. The predicted molar refractivity (Wildman–Crippen MR) is 86.2 cm³/mol. The Labute approximate surface area is 131 Å². The second-order valence-electron chi connectivity index (χ2n) is 5.66. The van der Waals surface area contributed by atoms with E-state index in [4.69, 9.17) is 11.6 Å². The molecular weight excluding hydrogens is 310 g/mol. The molecule has 0 aliphatic rings. The molecule has 118 valence electrons. The summed E-state index contributed by atoms with van der Waals surface area (Å²) < 4.78 is 22.9. The lowest BCUT2D eigenvalue weighted by atomic mass is 9.96. The van der Waals surface area contributed by atoms with Gasteiger partial charge in [0.25, 0.3) is 0 Å². The Morgan fingerprint density at radius 2 is 1.71 bits per heavy atom. The van der Waals surface area contributed by atoms with Gasteiger partial charge in [0.15, 0.2) is 9.84 Å². The van der Waals surface area contributed by atoms with E-state index >= 15 is 0 Å². The average molecular weight is 332 g/mol. The van der Waals surface area contributed by atoms with Crippen LogP contribution in [-0.2, 0) is 21.1 Å². The summed E-state index contributed by atoms with van der Waals surface area (Å²) in [6, 6.07) is 7.29. The molecule has 2 atom stereocenters. The second-order valence-corrected chi connectivity index (χ2v) is 8.46. The fourth-order valence-electron chi connectivity index (χ4n) is 1.82. The first kappa shape index (κ1) is 18.0. The molecule has 21 heavy (non-hydrogen) atoms. The van der Waals surface area contributed by atoms with Crippen molar-refractivity contribution < 1.29 is 13.2 Å². The average Bonchev–Trinajstić information content (AvgIpc) is 2.38. The molecule has 0 aromatic heterocycles. The smallest absolute Gasteiger partial charge is 0.238 e. The van der Waals surface area contributed by atoms with Gasteiger partial charge in [0, 0.05) is 17.3 Å². The van der Waals surface area contributed by atoms with Crippen molar-refractivity contribution in [1.82, 2.24) is 5.32 Å². The Kier molecular flexibility index (Phi) is 6.23. The van der Waals surface area contributed by atoms with Gasteiger partial charge < -0.3 is 5.32 Å². The van der Waals surface area contributed by atoms with Crippen LogP contribution in [-0.4, -0.2) is 31.9 Å². The first-order chi connectivity index (χ1) is 9.61. The number of hydrogen-bond donors (Lipinski definition) is 1. The van der Waals surface area contributed by atoms with Gasteiger partial charge in [-0.1, -0.05) is 37.6 Å². The van der Waals surface area contributed by atoms with Crippen molar-refractivity contribution in [1.29, 1.82) is 0 Å². The molecule has 1 rings (SSSR count). The third kappa shape index (κ3) is 5.67. The molecule has 1 amide bonds. The fourth-order valence-corrected chi connectivity index (χ4v) is 2.41. The zero-order valence-electron chi connectivity index (χ0n) is 12.8. The second kappa shape index (κ2) is 7.27. The number of rotatable bonds is 6. The zero-order chi connectivity index (χ0) is 16.2. The molecule has 0 spiro atoms. The highest BCUT2D eigenvalue weighted by Gasteiger charge is 2.26. The van der Waals surface area contributed by atoms with Gasteiger partial charge in [0.05, 0.1) is 0 Å². The maximum absolute atomic E-state index is 12.0. The Hall–Kier alpha value is -1.07. The van der Waals surface area contributed by atoms with Crippen molar-refractivity contribution >= 4 is 27.3 Å².